The van der Waals surface area contributed by atoms with Gasteiger partial charge in [0.05, 0.1) is 31.9 Å². The number of nitrogens with one attached hydrogen (secondary N) is 1. The molecule has 0 saturated carbocycles. The summed E-state index contributed by atoms with van der Waals surface area (Å²) in [7, 11) is 4.90. The first-order valence-corrected chi connectivity index (χ1v) is 9.56. The third-order valence-electron chi connectivity index (χ3n) is 5.22. The van der Waals surface area contributed by atoms with Gasteiger partial charge < -0.3 is 19.5 Å². The van der Waals surface area contributed by atoms with Crippen molar-refractivity contribution in [3.63, 3.8) is 0 Å². The second kappa shape index (κ2) is 9.47. The average Bonchev–Trinajstić information content (AvgIpc) is 2.75. The lowest BCUT2D eigenvalue weighted by atomic mass is 10.0. The van der Waals surface area contributed by atoms with Crippen LogP contribution in [0.5, 0.6) is 17.2 Å². The molecular formula is C21H27N3O5. The van der Waals surface area contributed by atoms with Gasteiger partial charge in [0, 0.05) is 43.4 Å². The molecule has 0 aromatic heterocycles. The van der Waals surface area contributed by atoms with Crippen LogP contribution in [-0.4, -0.2) is 50.3 Å². The number of hydrogen-bond acceptors (Lipinski definition) is 7. The minimum Gasteiger partial charge on any atom is -0.497 e. The largest absolute Gasteiger partial charge is 0.497 e. The van der Waals surface area contributed by atoms with E-state index in [1.807, 2.05) is 18.2 Å². The number of ether oxygens (including phenoxy) is 3. The Kier molecular flexibility index (Phi) is 6.77. The summed E-state index contributed by atoms with van der Waals surface area (Å²) in [5.41, 5.74) is 1.81. The molecular weight excluding hydrogens is 374 g/mol. The van der Waals surface area contributed by atoms with Crippen molar-refractivity contribution in [3.05, 3.63) is 52.1 Å². The maximum atomic E-state index is 11.1. The summed E-state index contributed by atoms with van der Waals surface area (Å²) in [5, 5.41) is 14.5. The molecule has 0 aliphatic carbocycles. The van der Waals surface area contributed by atoms with Crippen molar-refractivity contribution in [2.45, 2.75) is 25.4 Å². The molecule has 1 heterocycles. The first-order chi connectivity index (χ1) is 14.0. The SMILES string of the molecule is COc1ccc(OC)c(CN2CCC(Nc3cc([N+](=O)[O-])ccc3OC)CC2)c1. The molecule has 2 aromatic carbocycles. The molecule has 8 heteroatoms. The number of piperidine rings is 1. The monoisotopic (exact) mass is 401 g/mol. The molecule has 0 bridgehead atoms. The summed E-state index contributed by atoms with van der Waals surface area (Å²) < 4.78 is 16.2. The van der Waals surface area contributed by atoms with E-state index in [0.29, 0.717) is 11.4 Å². The number of anilines is 1. The minimum atomic E-state index is -0.394. The van der Waals surface area contributed by atoms with Crippen LogP contribution in [0.2, 0.25) is 0 Å². The highest BCUT2D eigenvalue weighted by Gasteiger charge is 2.22. The van der Waals surface area contributed by atoms with Gasteiger partial charge in [-0.05, 0) is 37.1 Å². The quantitative estimate of drug-likeness (QED) is 0.533. The highest BCUT2D eigenvalue weighted by atomic mass is 16.6. The number of non-ortho nitro benzene ring substituents is 1. The molecule has 0 atom stereocenters. The molecule has 1 aliphatic heterocycles. The number of benzene rings is 2. The van der Waals surface area contributed by atoms with Crippen LogP contribution in [0.1, 0.15) is 18.4 Å². The Morgan fingerprint density at radius 1 is 1.03 bits per heavy atom. The third-order valence-corrected chi connectivity index (χ3v) is 5.22. The van der Waals surface area contributed by atoms with Gasteiger partial charge in [0.15, 0.2) is 0 Å². The van der Waals surface area contributed by atoms with Crippen molar-refractivity contribution in [2.24, 2.45) is 0 Å². The highest BCUT2D eigenvalue weighted by molar-refractivity contribution is 5.62. The molecule has 2 aromatic rings. The van der Waals surface area contributed by atoms with E-state index in [2.05, 4.69) is 10.2 Å². The average molecular weight is 401 g/mol. The Bertz CT molecular complexity index is 850. The smallest absolute Gasteiger partial charge is 0.271 e. The molecule has 1 N–H and O–H groups in total. The molecule has 0 unspecified atom stereocenters. The Morgan fingerprint density at radius 3 is 2.34 bits per heavy atom. The van der Waals surface area contributed by atoms with Gasteiger partial charge in [-0.2, -0.15) is 0 Å². The molecule has 29 heavy (non-hydrogen) atoms. The fourth-order valence-corrected chi connectivity index (χ4v) is 3.62. The molecule has 0 amide bonds. The second-order valence-corrected chi connectivity index (χ2v) is 7.01. The number of hydrogen-bond donors (Lipinski definition) is 1. The van der Waals surface area contributed by atoms with Gasteiger partial charge in [-0.3, -0.25) is 15.0 Å². The topological polar surface area (TPSA) is 86.1 Å². The lowest BCUT2D eigenvalue weighted by molar-refractivity contribution is -0.384. The van der Waals surface area contributed by atoms with Gasteiger partial charge in [0.2, 0.25) is 0 Å². The van der Waals surface area contributed by atoms with E-state index in [1.165, 1.54) is 12.1 Å². The zero-order chi connectivity index (χ0) is 20.8. The van der Waals surface area contributed by atoms with Gasteiger partial charge in [-0.1, -0.05) is 0 Å². The van der Waals surface area contributed by atoms with Gasteiger partial charge in [-0.15, -0.1) is 0 Å². The fraction of sp³-hybridized carbons (Fsp3) is 0.429. The molecule has 1 fully saturated rings. The standard InChI is InChI=1S/C21H27N3O5/c1-27-18-5-7-20(28-2)15(12-18)14-23-10-8-16(9-11-23)22-19-13-17(24(25)26)4-6-21(19)29-3/h4-7,12-13,16,22H,8-11,14H2,1-3H3. The highest BCUT2D eigenvalue weighted by Crippen LogP contribution is 2.31. The minimum absolute atomic E-state index is 0.0517. The summed E-state index contributed by atoms with van der Waals surface area (Å²) in [4.78, 5) is 13.1. The normalized spacial score (nSPS) is 15.0. The molecule has 3 rings (SSSR count). The summed E-state index contributed by atoms with van der Waals surface area (Å²) in [6.07, 6.45) is 1.86. The van der Waals surface area contributed by atoms with Gasteiger partial charge in [-0.25, -0.2) is 0 Å². The van der Waals surface area contributed by atoms with E-state index in [1.54, 1.807) is 27.4 Å². The molecule has 156 valence electrons. The Labute approximate surface area is 170 Å². The maximum absolute atomic E-state index is 11.1. The summed E-state index contributed by atoms with van der Waals surface area (Å²) in [6.45, 7) is 2.61. The van der Waals surface area contributed by atoms with Crippen LogP contribution in [0.15, 0.2) is 36.4 Å². The predicted octanol–water partition coefficient (Wildman–Crippen LogP) is 3.70. The van der Waals surface area contributed by atoms with E-state index in [4.69, 9.17) is 14.2 Å². The van der Waals surface area contributed by atoms with Crippen LogP contribution in [0.4, 0.5) is 11.4 Å². The van der Waals surface area contributed by atoms with Gasteiger partial charge >= 0.3 is 0 Å². The van der Waals surface area contributed by atoms with Crippen LogP contribution in [0.3, 0.4) is 0 Å². The molecule has 1 aliphatic rings. The summed E-state index contributed by atoms with van der Waals surface area (Å²) >= 11 is 0. The maximum Gasteiger partial charge on any atom is 0.271 e. The molecule has 0 spiro atoms. The molecule has 8 nitrogen and oxygen atoms in total. The van der Waals surface area contributed by atoms with Crippen LogP contribution in [0, 0.1) is 10.1 Å². The third kappa shape index (κ3) is 5.08. The van der Waals surface area contributed by atoms with E-state index in [0.717, 1.165) is 49.5 Å². The second-order valence-electron chi connectivity index (χ2n) is 7.01. The van der Waals surface area contributed by atoms with Crippen LogP contribution < -0.4 is 19.5 Å². The molecule has 0 radical (unpaired) electrons. The lowest BCUT2D eigenvalue weighted by Crippen LogP contribution is -2.38. The summed E-state index contributed by atoms with van der Waals surface area (Å²) in [6, 6.07) is 10.7. The summed E-state index contributed by atoms with van der Waals surface area (Å²) in [5.74, 6) is 2.28. The predicted molar refractivity (Wildman–Crippen MR) is 111 cm³/mol. The number of nitrogens with zero attached hydrogens (tertiary/aromatic N) is 2. The van der Waals surface area contributed by atoms with Crippen LogP contribution >= 0.6 is 0 Å². The number of rotatable bonds is 8. The van der Waals surface area contributed by atoms with Crippen molar-refractivity contribution in [3.8, 4) is 17.2 Å². The Balaban J connectivity index is 1.62. The van der Waals surface area contributed by atoms with E-state index < -0.39 is 4.92 Å². The van der Waals surface area contributed by atoms with E-state index >= 15 is 0 Å². The van der Waals surface area contributed by atoms with Crippen molar-refractivity contribution in [2.75, 3.05) is 39.7 Å². The van der Waals surface area contributed by atoms with E-state index in [-0.39, 0.29) is 11.7 Å². The van der Waals surface area contributed by atoms with Crippen molar-refractivity contribution in [1.82, 2.24) is 4.90 Å². The van der Waals surface area contributed by atoms with Crippen LogP contribution in [0.25, 0.3) is 0 Å². The van der Waals surface area contributed by atoms with Gasteiger partial charge in [0.25, 0.3) is 5.69 Å². The lowest BCUT2D eigenvalue weighted by Gasteiger charge is -2.33. The van der Waals surface area contributed by atoms with E-state index in [9.17, 15) is 10.1 Å². The zero-order valence-corrected chi connectivity index (χ0v) is 17.0. The first-order valence-electron chi connectivity index (χ1n) is 9.56. The van der Waals surface area contributed by atoms with Gasteiger partial charge in [0.1, 0.15) is 17.2 Å². The number of nitro benzene ring substituents is 1. The number of methoxy groups -OCH3 is 3. The fourth-order valence-electron chi connectivity index (χ4n) is 3.62. The van der Waals surface area contributed by atoms with Crippen molar-refractivity contribution >= 4 is 11.4 Å². The first kappa shape index (κ1) is 20.7. The Hall–Kier alpha value is -3.00. The zero-order valence-electron chi connectivity index (χ0n) is 17.0. The van der Waals surface area contributed by atoms with Crippen molar-refractivity contribution < 1.29 is 19.1 Å². The Morgan fingerprint density at radius 2 is 1.72 bits per heavy atom. The van der Waals surface area contributed by atoms with Crippen LogP contribution in [-0.2, 0) is 6.54 Å². The number of nitro groups is 1. The van der Waals surface area contributed by atoms with Crippen molar-refractivity contribution in [1.29, 1.82) is 0 Å². The molecule has 1 saturated heterocycles. The number of likely N-dealkylation sites (tertiary alicyclic amines) is 1.